The minimum atomic E-state index is -0.439. The minimum Gasteiger partial charge on any atom is -0.462 e. The second kappa shape index (κ2) is 15.7. The fourth-order valence-corrected chi connectivity index (χ4v) is 4.92. The highest BCUT2D eigenvalue weighted by molar-refractivity contribution is 5.87. The predicted molar refractivity (Wildman–Crippen MR) is 154 cm³/mol. The number of carbonyl (C=O) groups is 2. The van der Waals surface area contributed by atoms with Crippen molar-refractivity contribution in [3.05, 3.63) is 72.3 Å². The number of hydrogen-bond donors (Lipinski definition) is 2. The summed E-state index contributed by atoms with van der Waals surface area (Å²) in [7, 11) is 0. The van der Waals surface area contributed by atoms with Crippen molar-refractivity contribution in [2.24, 2.45) is 11.8 Å². The normalized spacial score (nSPS) is 17.3. The molecule has 1 aliphatic carbocycles. The summed E-state index contributed by atoms with van der Waals surface area (Å²) in [4.78, 5) is 24.7. The maximum absolute atomic E-state index is 12.7. The number of ether oxygens (including phenoxy) is 2. The van der Waals surface area contributed by atoms with Gasteiger partial charge in [0.2, 0.25) is 0 Å². The Morgan fingerprint density at radius 3 is 2.42 bits per heavy atom. The van der Waals surface area contributed by atoms with Crippen molar-refractivity contribution in [3.8, 4) is 5.75 Å². The third-order valence-electron chi connectivity index (χ3n) is 7.24. The van der Waals surface area contributed by atoms with Gasteiger partial charge in [0.05, 0.1) is 12.5 Å². The van der Waals surface area contributed by atoms with E-state index in [4.69, 9.17) is 20.9 Å². The van der Waals surface area contributed by atoms with E-state index in [1.807, 2.05) is 18.2 Å². The number of unbranched alkanes of at least 4 members (excludes halogenated alkanes) is 4. The molecule has 0 radical (unpaired) electrons. The maximum atomic E-state index is 12.7. The molecule has 1 aliphatic rings. The molecule has 0 aliphatic heterocycles. The summed E-state index contributed by atoms with van der Waals surface area (Å²) in [5, 5.41) is 0. The Hall–Kier alpha value is -3.54. The van der Waals surface area contributed by atoms with Gasteiger partial charge in [-0.2, -0.15) is 0 Å². The molecule has 0 unspecified atom stereocenters. The Morgan fingerprint density at radius 2 is 1.68 bits per heavy atom. The Kier molecular flexibility index (Phi) is 12.0. The molecule has 2 aromatic rings. The van der Waals surface area contributed by atoms with Crippen LogP contribution in [0.4, 0.5) is 11.4 Å². The summed E-state index contributed by atoms with van der Waals surface area (Å²) in [6.45, 7) is 3.99. The van der Waals surface area contributed by atoms with Crippen LogP contribution in [0, 0.1) is 11.8 Å². The first-order valence-electron chi connectivity index (χ1n) is 13.9. The third-order valence-corrected chi connectivity index (χ3v) is 7.24. The van der Waals surface area contributed by atoms with Crippen molar-refractivity contribution in [2.75, 3.05) is 18.1 Å². The van der Waals surface area contributed by atoms with E-state index in [-0.39, 0.29) is 18.5 Å². The fraction of sp³-hybridized carbons (Fsp3) is 0.438. The van der Waals surface area contributed by atoms with Gasteiger partial charge in [0.1, 0.15) is 5.75 Å². The van der Waals surface area contributed by atoms with Gasteiger partial charge in [-0.15, -0.1) is 6.58 Å². The molecule has 4 N–H and O–H groups in total. The number of carbonyl (C=O) groups excluding carboxylic acids is 2. The van der Waals surface area contributed by atoms with Gasteiger partial charge in [-0.3, -0.25) is 4.79 Å². The molecule has 38 heavy (non-hydrogen) atoms. The average Bonchev–Trinajstić information content (AvgIpc) is 2.92. The standard InChI is InChI=1S/C32H42N2O4/c1-2-3-4-5-6-7-8-24-9-14-26(15-10-24)32(36)38-29-17-11-25(12-18-29)13-20-31(35)37-22-21-27-23-28(33)16-19-30(27)34/h2,11-13,16-20,23-24,26H,1,3-10,14-15,21-22,33-34H2/b20-13+. The summed E-state index contributed by atoms with van der Waals surface area (Å²) in [5.74, 6) is 0.672. The van der Waals surface area contributed by atoms with Crippen molar-refractivity contribution < 1.29 is 19.1 Å². The van der Waals surface area contributed by atoms with Gasteiger partial charge >= 0.3 is 11.9 Å². The highest BCUT2D eigenvalue weighted by atomic mass is 16.5. The van der Waals surface area contributed by atoms with E-state index in [0.717, 1.165) is 49.1 Å². The van der Waals surface area contributed by atoms with Crippen LogP contribution in [0.25, 0.3) is 6.08 Å². The van der Waals surface area contributed by atoms with Crippen LogP contribution in [0.5, 0.6) is 5.75 Å². The van der Waals surface area contributed by atoms with Gasteiger partial charge in [0, 0.05) is 23.9 Å². The lowest BCUT2D eigenvalue weighted by molar-refractivity contribution is -0.140. The van der Waals surface area contributed by atoms with Crippen LogP contribution in [0.15, 0.2) is 61.2 Å². The van der Waals surface area contributed by atoms with Crippen LogP contribution < -0.4 is 16.2 Å². The highest BCUT2D eigenvalue weighted by Crippen LogP contribution is 2.33. The number of rotatable bonds is 14. The molecule has 0 aromatic heterocycles. The SMILES string of the molecule is C=CCCCCCCC1CCC(C(=O)Oc2ccc(/C=C/C(=O)OCCc3cc(N)ccc3N)cc2)CC1. The molecular weight excluding hydrogens is 476 g/mol. The monoisotopic (exact) mass is 518 g/mol. The first kappa shape index (κ1) is 29.0. The minimum absolute atomic E-state index is 0.0177. The Morgan fingerprint density at radius 1 is 0.947 bits per heavy atom. The molecular formula is C32H42N2O4. The lowest BCUT2D eigenvalue weighted by Crippen LogP contribution is -2.25. The number of esters is 2. The molecule has 1 fully saturated rings. The van der Waals surface area contributed by atoms with Gasteiger partial charge in [-0.25, -0.2) is 4.79 Å². The zero-order valence-electron chi connectivity index (χ0n) is 22.4. The van der Waals surface area contributed by atoms with Crippen LogP contribution in [-0.2, 0) is 20.7 Å². The highest BCUT2D eigenvalue weighted by Gasteiger charge is 2.27. The summed E-state index contributed by atoms with van der Waals surface area (Å²) in [6.07, 6.45) is 17.1. The largest absolute Gasteiger partial charge is 0.462 e. The van der Waals surface area contributed by atoms with Crippen molar-refractivity contribution in [1.29, 1.82) is 0 Å². The van der Waals surface area contributed by atoms with E-state index >= 15 is 0 Å². The van der Waals surface area contributed by atoms with Gasteiger partial charge < -0.3 is 20.9 Å². The first-order chi connectivity index (χ1) is 18.4. The molecule has 0 amide bonds. The Labute approximate surface area is 227 Å². The Balaban J connectivity index is 1.34. The lowest BCUT2D eigenvalue weighted by Gasteiger charge is -2.27. The van der Waals surface area contributed by atoms with E-state index in [0.29, 0.717) is 23.5 Å². The van der Waals surface area contributed by atoms with E-state index in [1.54, 1.807) is 36.4 Å². The van der Waals surface area contributed by atoms with Gasteiger partial charge in [-0.1, -0.05) is 43.9 Å². The Bertz CT molecular complexity index is 1070. The van der Waals surface area contributed by atoms with E-state index in [2.05, 4.69) is 6.58 Å². The van der Waals surface area contributed by atoms with Crippen LogP contribution in [0.3, 0.4) is 0 Å². The number of benzene rings is 2. The molecule has 2 aromatic carbocycles. The molecule has 0 atom stereocenters. The first-order valence-corrected chi connectivity index (χ1v) is 13.9. The number of anilines is 2. The van der Waals surface area contributed by atoms with E-state index < -0.39 is 5.97 Å². The third kappa shape index (κ3) is 10.1. The van der Waals surface area contributed by atoms with Gasteiger partial charge in [-0.05, 0) is 92.0 Å². The number of nitrogens with two attached hydrogens (primary N) is 2. The van der Waals surface area contributed by atoms with Crippen molar-refractivity contribution in [2.45, 2.75) is 70.6 Å². The van der Waals surface area contributed by atoms with Crippen LogP contribution >= 0.6 is 0 Å². The number of allylic oxidation sites excluding steroid dienone is 1. The summed E-state index contributed by atoms with van der Waals surface area (Å²) in [6, 6.07) is 12.4. The summed E-state index contributed by atoms with van der Waals surface area (Å²) < 4.78 is 10.9. The molecule has 6 nitrogen and oxygen atoms in total. The molecule has 6 heteroatoms. The topological polar surface area (TPSA) is 105 Å². The van der Waals surface area contributed by atoms with Crippen LogP contribution in [-0.4, -0.2) is 18.5 Å². The molecule has 0 heterocycles. The van der Waals surface area contributed by atoms with Crippen LogP contribution in [0.1, 0.15) is 75.3 Å². The van der Waals surface area contributed by atoms with Gasteiger partial charge in [0.25, 0.3) is 0 Å². The number of nitrogen functional groups attached to an aromatic ring is 2. The molecule has 0 spiro atoms. The predicted octanol–water partition coefficient (Wildman–Crippen LogP) is 6.89. The lowest BCUT2D eigenvalue weighted by atomic mass is 9.80. The van der Waals surface area contributed by atoms with Crippen molar-refractivity contribution in [1.82, 2.24) is 0 Å². The number of hydrogen-bond acceptors (Lipinski definition) is 6. The zero-order chi connectivity index (χ0) is 27.2. The second-order valence-electron chi connectivity index (χ2n) is 10.2. The quantitative estimate of drug-likeness (QED) is 0.0705. The van der Waals surface area contributed by atoms with E-state index in [9.17, 15) is 9.59 Å². The molecule has 0 bridgehead atoms. The summed E-state index contributed by atoms with van der Waals surface area (Å²) in [5.41, 5.74) is 14.6. The van der Waals surface area contributed by atoms with Crippen LogP contribution in [0.2, 0.25) is 0 Å². The average molecular weight is 519 g/mol. The molecule has 1 saturated carbocycles. The van der Waals surface area contributed by atoms with Crippen molar-refractivity contribution >= 4 is 29.4 Å². The second-order valence-corrected chi connectivity index (χ2v) is 10.2. The molecule has 0 saturated heterocycles. The molecule has 204 valence electrons. The smallest absolute Gasteiger partial charge is 0.330 e. The zero-order valence-corrected chi connectivity index (χ0v) is 22.4. The molecule has 3 rings (SSSR count). The van der Waals surface area contributed by atoms with E-state index in [1.165, 1.54) is 38.2 Å². The van der Waals surface area contributed by atoms with Gasteiger partial charge in [0.15, 0.2) is 0 Å². The fourth-order valence-electron chi connectivity index (χ4n) is 4.92. The van der Waals surface area contributed by atoms with Crippen molar-refractivity contribution in [3.63, 3.8) is 0 Å². The summed E-state index contributed by atoms with van der Waals surface area (Å²) >= 11 is 0. The maximum Gasteiger partial charge on any atom is 0.330 e.